The lowest BCUT2D eigenvalue weighted by Gasteiger charge is -2.25. The molecule has 0 aromatic heterocycles. The number of alkyl halides is 3. The number of carbonyl (C=O) groups excluding carboxylic acids is 2. The van der Waals surface area contributed by atoms with Gasteiger partial charge in [0, 0.05) is 5.69 Å². The number of aliphatic hydroxyl groups is 1. The molecule has 0 unspecified atom stereocenters. The molecule has 8 nitrogen and oxygen atoms in total. The largest absolute Gasteiger partial charge is 0.426 e. The van der Waals surface area contributed by atoms with Gasteiger partial charge in [-0.25, -0.2) is 13.2 Å². The quantitative estimate of drug-likeness (QED) is 0.537. The number of halogens is 4. The predicted molar refractivity (Wildman–Crippen MR) is 102 cm³/mol. The molecule has 0 spiro atoms. The number of carbonyl (C=O) groups is 2. The predicted octanol–water partition coefficient (Wildman–Crippen LogP) is 2.92. The Kier molecular flexibility index (Phi) is 6.35. The number of urea groups is 1. The van der Waals surface area contributed by atoms with Crippen LogP contribution in [0.1, 0.15) is 6.92 Å². The third-order valence-electron chi connectivity index (χ3n) is 3.93. The fraction of sp³-hybridized carbons (Fsp3) is 0.176. The smallest absolute Gasteiger partial charge is 0.373 e. The zero-order valence-electron chi connectivity index (χ0n) is 15.1. The molecule has 0 aliphatic heterocycles. The first-order chi connectivity index (χ1) is 13.7. The minimum absolute atomic E-state index is 0.162. The first-order valence-electron chi connectivity index (χ1n) is 7.98. The molecular weight excluding hydrogens is 451 g/mol. The molecule has 30 heavy (non-hydrogen) atoms. The maximum atomic E-state index is 12.7. The van der Waals surface area contributed by atoms with Crippen LogP contribution in [0.5, 0.6) is 0 Å². The summed E-state index contributed by atoms with van der Waals surface area (Å²) < 4.78 is 63.6. The van der Waals surface area contributed by atoms with E-state index in [2.05, 4.69) is 5.32 Å². The summed E-state index contributed by atoms with van der Waals surface area (Å²) in [6, 6.07) is 7.11. The molecule has 0 radical (unpaired) electrons. The van der Waals surface area contributed by atoms with Crippen LogP contribution in [0.4, 0.5) is 29.3 Å². The highest BCUT2D eigenvalue weighted by Crippen LogP contribution is 2.33. The Morgan fingerprint density at radius 1 is 1.03 bits per heavy atom. The summed E-state index contributed by atoms with van der Waals surface area (Å²) in [6.07, 6.45) is -5.23. The van der Waals surface area contributed by atoms with Gasteiger partial charge < -0.3 is 21.5 Å². The molecule has 2 rings (SSSR count). The van der Waals surface area contributed by atoms with Gasteiger partial charge in [0.25, 0.3) is 5.91 Å². The number of hydrogen-bond acceptors (Lipinski definition) is 5. The van der Waals surface area contributed by atoms with Crippen LogP contribution in [0, 0.1) is 0 Å². The molecule has 2 aromatic carbocycles. The molecule has 0 bridgehead atoms. The van der Waals surface area contributed by atoms with Gasteiger partial charge in [0.05, 0.1) is 20.5 Å². The summed E-state index contributed by atoms with van der Waals surface area (Å²) >= 11 is 5.91. The Hall–Kier alpha value is -2.83. The van der Waals surface area contributed by atoms with Gasteiger partial charge in [0.1, 0.15) is 0 Å². The van der Waals surface area contributed by atoms with Gasteiger partial charge in [-0.15, -0.1) is 0 Å². The van der Waals surface area contributed by atoms with E-state index in [-0.39, 0.29) is 33.1 Å². The van der Waals surface area contributed by atoms with Gasteiger partial charge in [-0.1, -0.05) is 11.6 Å². The van der Waals surface area contributed by atoms with Crippen molar-refractivity contribution in [1.82, 2.24) is 0 Å². The SMILES string of the molecule is C[C@@](O)(C(=O)Nc1ccc(S(=O)(=O)c2ccc(NC(N)=O)cc2)cc1Cl)C(F)(F)F. The third kappa shape index (κ3) is 4.83. The number of rotatable bonds is 5. The van der Waals surface area contributed by atoms with E-state index in [1.807, 2.05) is 5.32 Å². The van der Waals surface area contributed by atoms with Crippen molar-refractivity contribution in [2.24, 2.45) is 5.73 Å². The van der Waals surface area contributed by atoms with Crippen LogP contribution in [0.25, 0.3) is 0 Å². The summed E-state index contributed by atoms with van der Waals surface area (Å²) in [5, 5.41) is 13.1. The van der Waals surface area contributed by atoms with Crippen molar-refractivity contribution in [1.29, 1.82) is 0 Å². The van der Waals surface area contributed by atoms with E-state index >= 15 is 0 Å². The Morgan fingerprint density at radius 2 is 1.57 bits per heavy atom. The zero-order chi connectivity index (χ0) is 22.9. The normalized spacial score (nSPS) is 13.9. The van der Waals surface area contributed by atoms with E-state index < -0.39 is 33.6 Å². The molecule has 0 saturated carbocycles. The Labute approximate surface area is 173 Å². The van der Waals surface area contributed by atoms with Crippen molar-refractivity contribution in [3.63, 3.8) is 0 Å². The maximum Gasteiger partial charge on any atom is 0.426 e. The molecule has 162 valence electrons. The van der Waals surface area contributed by atoms with E-state index in [0.717, 1.165) is 18.2 Å². The molecule has 13 heteroatoms. The average molecular weight is 466 g/mol. The van der Waals surface area contributed by atoms with Gasteiger partial charge in [0.15, 0.2) is 0 Å². The third-order valence-corrected chi connectivity index (χ3v) is 6.01. The van der Waals surface area contributed by atoms with E-state index in [1.54, 1.807) is 0 Å². The highest BCUT2D eigenvalue weighted by molar-refractivity contribution is 7.91. The second-order valence-corrected chi connectivity index (χ2v) is 8.54. The number of nitrogens with one attached hydrogen (secondary N) is 2. The maximum absolute atomic E-state index is 12.7. The van der Waals surface area contributed by atoms with Crippen molar-refractivity contribution in [3.8, 4) is 0 Å². The van der Waals surface area contributed by atoms with Crippen molar-refractivity contribution in [3.05, 3.63) is 47.5 Å². The van der Waals surface area contributed by atoms with Gasteiger partial charge in [-0.05, 0) is 49.4 Å². The Bertz CT molecular complexity index is 1090. The van der Waals surface area contributed by atoms with Crippen molar-refractivity contribution in [2.75, 3.05) is 10.6 Å². The number of sulfone groups is 1. The number of hydrogen-bond donors (Lipinski definition) is 4. The van der Waals surface area contributed by atoms with Crippen LogP contribution in [-0.2, 0) is 14.6 Å². The molecule has 0 aliphatic rings. The molecule has 0 saturated heterocycles. The minimum Gasteiger partial charge on any atom is -0.373 e. The molecule has 0 fully saturated rings. The number of amides is 3. The van der Waals surface area contributed by atoms with E-state index in [9.17, 15) is 36.3 Å². The Morgan fingerprint density at radius 3 is 2.03 bits per heavy atom. The minimum atomic E-state index is -5.23. The second-order valence-electron chi connectivity index (χ2n) is 6.18. The standard InChI is InChI=1S/C17H15ClF3N3O5S/c1-16(27,17(19,20)21)14(25)24-13-7-6-11(8-12(13)18)30(28,29)10-4-2-9(3-5-10)23-15(22)26/h2-8,27H,1H3,(H,24,25)(H3,22,23,26)/t16-/m1/s1. The van der Waals surface area contributed by atoms with Gasteiger partial charge in [-0.2, -0.15) is 13.2 Å². The van der Waals surface area contributed by atoms with E-state index in [0.29, 0.717) is 0 Å². The van der Waals surface area contributed by atoms with E-state index in [4.69, 9.17) is 17.3 Å². The fourth-order valence-corrected chi connectivity index (χ4v) is 3.71. The molecule has 5 N–H and O–H groups in total. The van der Waals surface area contributed by atoms with Crippen LogP contribution in [-0.4, -0.2) is 37.2 Å². The number of nitrogens with two attached hydrogens (primary N) is 1. The number of benzene rings is 2. The molecule has 0 heterocycles. The highest BCUT2D eigenvalue weighted by Gasteiger charge is 2.55. The zero-order valence-corrected chi connectivity index (χ0v) is 16.7. The lowest BCUT2D eigenvalue weighted by atomic mass is 10.1. The van der Waals surface area contributed by atoms with Crippen molar-refractivity contribution in [2.45, 2.75) is 28.5 Å². The molecule has 1 atom stereocenters. The summed E-state index contributed by atoms with van der Waals surface area (Å²) in [7, 11) is -4.07. The van der Waals surface area contributed by atoms with Gasteiger partial charge in [0.2, 0.25) is 15.4 Å². The first-order valence-corrected chi connectivity index (χ1v) is 9.84. The second kappa shape index (κ2) is 8.13. The van der Waals surface area contributed by atoms with Crippen LogP contribution < -0.4 is 16.4 Å². The molecular formula is C17H15ClF3N3O5S. The molecule has 0 aliphatic carbocycles. The molecule has 3 amide bonds. The summed E-state index contributed by atoms with van der Waals surface area (Å²) in [4.78, 5) is 22.1. The summed E-state index contributed by atoms with van der Waals surface area (Å²) in [6.45, 7) is 0.270. The van der Waals surface area contributed by atoms with Crippen LogP contribution in [0.2, 0.25) is 5.02 Å². The fourth-order valence-electron chi connectivity index (χ4n) is 2.13. The highest BCUT2D eigenvalue weighted by atomic mass is 35.5. The number of primary amides is 1. The lowest BCUT2D eigenvalue weighted by Crippen LogP contribution is -2.52. The lowest BCUT2D eigenvalue weighted by molar-refractivity contribution is -0.242. The summed E-state index contributed by atoms with van der Waals surface area (Å²) in [5.41, 5.74) is 1.22. The van der Waals surface area contributed by atoms with Gasteiger partial charge in [-0.3, -0.25) is 4.79 Å². The average Bonchev–Trinajstić information content (AvgIpc) is 2.62. The number of anilines is 2. The van der Waals surface area contributed by atoms with Crippen LogP contribution >= 0.6 is 11.6 Å². The van der Waals surface area contributed by atoms with Crippen molar-refractivity contribution >= 4 is 44.8 Å². The van der Waals surface area contributed by atoms with E-state index in [1.165, 1.54) is 24.3 Å². The first kappa shape index (κ1) is 23.4. The van der Waals surface area contributed by atoms with Crippen LogP contribution in [0.15, 0.2) is 52.3 Å². The van der Waals surface area contributed by atoms with Crippen molar-refractivity contribution < 1.29 is 36.3 Å². The Balaban J connectivity index is 2.29. The molecule has 2 aromatic rings. The topological polar surface area (TPSA) is 139 Å². The van der Waals surface area contributed by atoms with Crippen LogP contribution in [0.3, 0.4) is 0 Å². The summed E-state index contributed by atoms with van der Waals surface area (Å²) in [5.74, 6) is -1.79. The van der Waals surface area contributed by atoms with Gasteiger partial charge >= 0.3 is 12.2 Å². The monoisotopic (exact) mass is 465 g/mol.